The minimum absolute atomic E-state index is 0.101. The molecular weight excluding hydrogens is 400 g/mol. The summed E-state index contributed by atoms with van der Waals surface area (Å²) in [5.41, 5.74) is 5.88. The zero-order valence-corrected chi connectivity index (χ0v) is 17.9. The molecule has 0 amide bonds. The van der Waals surface area contributed by atoms with Gasteiger partial charge in [0, 0.05) is 35.8 Å². The second kappa shape index (κ2) is 7.76. The van der Waals surface area contributed by atoms with E-state index in [9.17, 15) is 0 Å². The van der Waals surface area contributed by atoms with Gasteiger partial charge < -0.3 is 19.2 Å². The summed E-state index contributed by atoms with van der Waals surface area (Å²) in [7, 11) is 0. The lowest BCUT2D eigenvalue weighted by molar-refractivity contribution is 0.122. The number of H-pyrrole nitrogens is 1. The van der Waals surface area contributed by atoms with E-state index in [1.807, 2.05) is 18.6 Å². The number of imidazole rings is 1. The van der Waals surface area contributed by atoms with Gasteiger partial charge >= 0.3 is 0 Å². The summed E-state index contributed by atoms with van der Waals surface area (Å²) >= 11 is 0. The Morgan fingerprint density at radius 3 is 2.66 bits per heavy atom. The van der Waals surface area contributed by atoms with E-state index >= 15 is 0 Å². The zero-order valence-electron chi connectivity index (χ0n) is 17.9. The summed E-state index contributed by atoms with van der Waals surface area (Å²) in [6.45, 7) is 5.11. The summed E-state index contributed by atoms with van der Waals surface area (Å²) in [6, 6.07) is 18.9. The maximum atomic E-state index is 5.56. The molecule has 1 aliphatic heterocycles. The van der Waals surface area contributed by atoms with Gasteiger partial charge in [-0.25, -0.2) is 9.97 Å². The van der Waals surface area contributed by atoms with Crippen molar-refractivity contribution < 1.29 is 4.74 Å². The molecule has 0 radical (unpaired) electrons. The number of aromatic nitrogens is 5. The standard InChI is InChI=1S/C25H24N6O/c1-17(18-6-3-2-4-7-18)31-16-27-23-22(20-8-5-9-21-19(20)10-11-26-21)28-25(29-24(23)31)30-12-14-32-15-13-30/h2-11,16-17,26H,12-15H2,1H3. The maximum Gasteiger partial charge on any atom is 0.228 e. The largest absolute Gasteiger partial charge is 0.378 e. The number of aromatic amines is 1. The van der Waals surface area contributed by atoms with Gasteiger partial charge in [-0.1, -0.05) is 42.5 Å². The molecule has 4 heterocycles. The molecule has 0 saturated carbocycles. The highest BCUT2D eigenvalue weighted by molar-refractivity contribution is 6.00. The SMILES string of the molecule is CC(c1ccccc1)n1cnc2c(-c3cccc4[nH]ccc34)nc(N3CCOCC3)nc21. The molecule has 1 saturated heterocycles. The number of rotatable bonds is 4. The van der Waals surface area contributed by atoms with E-state index in [1.165, 1.54) is 5.56 Å². The third-order valence-corrected chi connectivity index (χ3v) is 6.25. The van der Waals surface area contributed by atoms with Crippen LogP contribution >= 0.6 is 0 Å². The van der Waals surface area contributed by atoms with Crippen molar-refractivity contribution in [2.24, 2.45) is 0 Å². The van der Waals surface area contributed by atoms with Crippen molar-refractivity contribution in [2.45, 2.75) is 13.0 Å². The maximum absolute atomic E-state index is 5.56. The number of hydrogen-bond acceptors (Lipinski definition) is 5. The van der Waals surface area contributed by atoms with Gasteiger partial charge in [0.05, 0.1) is 25.6 Å². The first kappa shape index (κ1) is 19.0. The monoisotopic (exact) mass is 424 g/mol. The van der Waals surface area contributed by atoms with Crippen molar-refractivity contribution in [1.82, 2.24) is 24.5 Å². The molecule has 1 aliphatic rings. The van der Waals surface area contributed by atoms with Crippen molar-refractivity contribution in [1.29, 1.82) is 0 Å². The van der Waals surface area contributed by atoms with Crippen LogP contribution < -0.4 is 4.90 Å². The van der Waals surface area contributed by atoms with Crippen molar-refractivity contribution in [3.05, 3.63) is 72.7 Å². The number of ether oxygens (including phenoxy) is 1. The van der Waals surface area contributed by atoms with Gasteiger partial charge in [-0.05, 0) is 24.6 Å². The third kappa shape index (κ3) is 3.13. The molecule has 7 nitrogen and oxygen atoms in total. The van der Waals surface area contributed by atoms with Crippen LogP contribution in [0.15, 0.2) is 67.1 Å². The van der Waals surface area contributed by atoms with Crippen LogP contribution in [0.3, 0.4) is 0 Å². The van der Waals surface area contributed by atoms with Crippen molar-refractivity contribution in [3.8, 4) is 11.3 Å². The molecule has 160 valence electrons. The lowest BCUT2D eigenvalue weighted by Gasteiger charge is -2.27. The van der Waals surface area contributed by atoms with Crippen LogP contribution in [-0.2, 0) is 4.74 Å². The first-order valence-corrected chi connectivity index (χ1v) is 11.0. The quantitative estimate of drug-likeness (QED) is 0.462. The van der Waals surface area contributed by atoms with Crippen LogP contribution in [-0.4, -0.2) is 50.8 Å². The molecule has 1 N–H and O–H groups in total. The van der Waals surface area contributed by atoms with Crippen LogP contribution in [0.2, 0.25) is 0 Å². The predicted octanol–water partition coefficient (Wildman–Crippen LogP) is 4.42. The number of nitrogens with one attached hydrogen (secondary N) is 1. The molecule has 1 unspecified atom stereocenters. The van der Waals surface area contributed by atoms with Crippen LogP contribution in [0.25, 0.3) is 33.3 Å². The minimum atomic E-state index is 0.101. The fourth-order valence-electron chi connectivity index (χ4n) is 4.47. The summed E-state index contributed by atoms with van der Waals surface area (Å²) in [4.78, 5) is 20.4. The van der Waals surface area contributed by atoms with E-state index in [0.717, 1.165) is 52.4 Å². The highest BCUT2D eigenvalue weighted by Gasteiger charge is 2.22. The third-order valence-electron chi connectivity index (χ3n) is 6.25. The molecule has 0 aliphatic carbocycles. The molecule has 5 aromatic rings. The molecule has 7 heteroatoms. The van der Waals surface area contributed by atoms with Gasteiger partial charge in [0.2, 0.25) is 5.95 Å². The normalized spacial score (nSPS) is 15.5. The first-order chi connectivity index (χ1) is 15.8. The number of benzene rings is 2. The van der Waals surface area contributed by atoms with Crippen molar-refractivity contribution >= 4 is 28.0 Å². The highest BCUT2D eigenvalue weighted by atomic mass is 16.5. The molecule has 3 aromatic heterocycles. The first-order valence-electron chi connectivity index (χ1n) is 11.0. The van der Waals surface area contributed by atoms with Crippen molar-refractivity contribution in [2.75, 3.05) is 31.2 Å². The molecule has 1 fully saturated rings. The molecule has 0 bridgehead atoms. The second-order valence-corrected chi connectivity index (χ2v) is 8.13. The fraction of sp³-hybridized carbons (Fsp3) is 0.240. The molecule has 6 rings (SSSR count). The molecule has 2 aromatic carbocycles. The van der Waals surface area contributed by atoms with Crippen LogP contribution in [0, 0.1) is 0 Å². The Bertz CT molecular complexity index is 1380. The van der Waals surface area contributed by atoms with Gasteiger partial charge in [-0.3, -0.25) is 0 Å². The van der Waals surface area contributed by atoms with E-state index in [4.69, 9.17) is 19.7 Å². The Balaban J connectivity index is 1.58. The van der Waals surface area contributed by atoms with E-state index in [0.29, 0.717) is 13.2 Å². The Labute approximate surface area is 185 Å². The van der Waals surface area contributed by atoms with Crippen LogP contribution in [0.4, 0.5) is 5.95 Å². The number of nitrogens with zero attached hydrogens (tertiary/aromatic N) is 5. The van der Waals surface area contributed by atoms with Crippen LogP contribution in [0.5, 0.6) is 0 Å². The van der Waals surface area contributed by atoms with E-state index in [-0.39, 0.29) is 6.04 Å². The van der Waals surface area contributed by atoms with E-state index in [2.05, 4.69) is 69.9 Å². The molecular formula is C25H24N6O. The predicted molar refractivity (Wildman–Crippen MR) is 126 cm³/mol. The van der Waals surface area contributed by atoms with E-state index < -0.39 is 0 Å². The van der Waals surface area contributed by atoms with Crippen molar-refractivity contribution in [3.63, 3.8) is 0 Å². The summed E-state index contributed by atoms with van der Waals surface area (Å²) in [5.74, 6) is 0.727. The Morgan fingerprint density at radius 1 is 0.969 bits per heavy atom. The van der Waals surface area contributed by atoms with Gasteiger partial charge in [-0.15, -0.1) is 0 Å². The topological polar surface area (TPSA) is 71.9 Å². The average molecular weight is 425 g/mol. The zero-order chi connectivity index (χ0) is 21.5. The van der Waals surface area contributed by atoms with E-state index in [1.54, 1.807) is 0 Å². The smallest absolute Gasteiger partial charge is 0.228 e. The summed E-state index contributed by atoms with van der Waals surface area (Å²) < 4.78 is 7.71. The molecule has 32 heavy (non-hydrogen) atoms. The van der Waals surface area contributed by atoms with Gasteiger partial charge in [0.15, 0.2) is 5.65 Å². The van der Waals surface area contributed by atoms with Crippen LogP contribution in [0.1, 0.15) is 18.5 Å². The second-order valence-electron chi connectivity index (χ2n) is 8.13. The number of fused-ring (bicyclic) bond motifs is 2. The summed E-state index contributed by atoms with van der Waals surface area (Å²) in [5, 5.41) is 1.13. The minimum Gasteiger partial charge on any atom is -0.378 e. The Morgan fingerprint density at radius 2 is 1.81 bits per heavy atom. The Hall–Kier alpha value is -3.71. The number of hydrogen-bond donors (Lipinski definition) is 1. The Kier molecular flexibility index (Phi) is 4.61. The van der Waals surface area contributed by atoms with Gasteiger partial charge in [0.25, 0.3) is 0 Å². The number of anilines is 1. The van der Waals surface area contributed by atoms with Gasteiger partial charge in [0.1, 0.15) is 11.2 Å². The highest BCUT2D eigenvalue weighted by Crippen LogP contribution is 2.34. The molecule has 1 atom stereocenters. The number of morpholine rings is 1. The lowest BCUT2D eigenvalue weighted by Crippen LogP contribution is -2.37. The summed E-state index contributed by atoms with van der Waals surface area (Å²) in [6.07, 6.45) is 3.85. The average Bonchev–Trinajstić information content (AvgIpc) is 3.51. The lowest BCUT2D eigenvalue weighted by atomic mass is 10.1. The van der Waals surface area contributed by atoms with Gasteiger partial charge in [-0.2, -0.15) is 4.98 Å². The fourth-order valence-corrected chi connectivity index (χ4v) is 4.47. The molecule has 0 spiro atoms.